The summed E-state index contributed by atoms with van der Waals surface area (Å²) in [6, 6.07) is 0. The number of hydrogen-bond acceptors (Lipinski definition) is 2. The predicted molar refractivity (Wildman–Crippen MR) is 111 cm³/mol. The van der Waals surface area contributed by atoms with Crippen molar-refractivity contribution in [2.45, 2.75) is 107 Å². The van der Waals surface area contributed by atoms with Gasteiger partial charge in [0.2, 0.25) is 0 Å². The van der Waals surface area contributed by atoms with Crippen molar-refractivity contribution in [2.24, 2.45) is 0 Å². The van der Waals surface area contributed by atoms with Crippen LogP contribution in [-0.4, -0.2) is 114 Å². The monoisotopic (exact) mass is 968 g/mol. The highest BCUT2D eigenvalue weighted by Gasteiger charge is 3.02. The molecule has 0 saturated heterocycles. The molecule has 0 N–H and O–H groups in total. The Morgan fingerprint density at radius 3 is 0.712 bits per heavy atom. The zero-order valence-corrected chi connectivity index (χ0v) is 25.7. The molecule has 0 aliphatic heterocycles. The van der Waals surface area contributed by atoms with Gasteiger partial charge >= 0.3 is 107 Å². The highest BCUT2D eigenvalue weighted by atomic mass is 19.4. The van der Waals surface area contributed by atoms with Gasteiger partial charge < -0.3 is 4.74 Å². The lowest BCUT2D eigenvalue weighted by atomic mass is 9.81. The highest BCUT2D eigenvalue weighted by molar-refractivity contribution is 5.81. The van der Waals surface area contributed by atoms with E-state index in [9.17, 15) is 158 Å². The van der Waals surface area contributed by atoms with Crippen LogP contribution in [0.1, 0.15) is 6.42 Å². The standard InChI is InChI=1S/C22H7F35O2/c1-2-5(58)59-4-3-6(23,24)8(26,27)10(30,31)12(34,35)14(38,39)16(42,43)18(46,47)20(50,51)19(48,49)17(44,45)15(40,41)13(36,37)11(32,33)9(28,29)7(25,21(52,53)54)22(55,56)57/h2H,1,3-4H2. The number of carbonyl (C=O) groups is 1. The number of esters is 1. The van der Waals surface area contributed by atoms with Gasteiger partial charge in [-0.1, -0.05) is 6.58 Å². The van der Waals surface area contributed by atoms with Crippen LogP contribution in [0.4, 0.5) is 154 Å². The van der Waals surface area contributed by atoms with Crippen LogP contribution >= 0.6 is 0 Å². The summed E-state index contributed by atoms with van der Waals surface area (Å²) >= 11 is 0. The van der Waals surface area contributed by atoms with Crippen LogP contribution in [0.3, 0.4) is 0 Å². The molecule has 352 valence electrons. The molecule has 37 heteroatoms. The SMILES string of the molecule is C=CC(=O)OCCC(F)(F)C(F)(F)C(F)(F)C(F)(F)C(F)(F)C(F)(F)C(F)(F)C(F)(F)C(F)(F)C(F)(F)C(F)(F)C(F)(F)C(F)(F)C(F)(F)C(F)(C(F)(F)F)C(F)(F)F. The molecule has 0 aromatic heterocycles. The van der Waals surface area contributed by atoms with E-state index >= 15 is 0 Å². The summed E-state index contributed by atoms with van der Waals surface area (Å²) in [6.45, 7) is 0.0371. The fourth-order valence-corrected chi connectivity index (χ4v) is 3.63. The van der Waals surface area contributed by atoms with Gasteiger partial charge in [0.1, 0.15) is 0 Å². The quantitative estimate of drug-likeness (QED) is 0.0777. The first-order valence-electron chi connectivity index (χ1n) is 12.9. The maximum atomic E-state index is 14.0. The summed E-state index contributed by atoms with van der Waals surface area (Å²) < 4.78 is 480. The third-order valence-electron chi connectivity index (χ3n) is 7.23. The third-order valence-corrected chi connectivity index (χ3v) is 7.23. The molecule has 0 unspecified atom stereocenters. The largest absolute Gasteiger partial charge is 0.462 e. The molecule has 0 atom stereocenters. The Kier molecular flexibility index (Phi) is 13.4. The molecule has 0 radical (unpaired) electrons. The topological polar surface area (TPSA) is 26.3 Å². The van der Waals surface area contributed by atoms with Crippen molar-refractivity contribution in [1.82, 2.24) is 0 Å². The van der Waals surface area contributed by atoms with Crippen molar-refractivity contribution < 1.29 is 163 Å². The minimum Gasteiger partial charge on any atom is -0.462 e. The minimum absolute atomic E-state index is 0.0801. The minimum atomic E-state index is -10.4. The number of halogens is 35. The van der Waals surface area contributed by atoms with Gasteiger partial charge in [-0.2, -0.15) is 149 Å². The zero-order chi connectivity index (χ0) is 48.9. The molecule has 0 aromatic carbocycles. The molecule has 0 saturated carbocycles. The van der Waals surface area contributed by atoms with Crippen LogP contribution in [0.15, 0.2) is 12.7 Å². The van der Waals surface area contributed by atoms with Crippen molar-refractivity contribution in [1.29, 1.82) is 0 Å². The summed E-state index contributed by atoms with van der Waals surface area (Å²) in [7, 11) is 0. The number of carbonyl (C=O) groups excluding carboxylic acids is 1. The van der Waals surface area contributed by atoms with Crippen LogP contribution in [0.2, 0.25) is 0 Å². The summed E-state index contributed by atoms with van der Waals surface area (Å²) in [6.07, 6.45) is -21.3. The molecule has 0 amide bonds. The Balaban J connectivity index is 7.76. The summed E-state index contributed by atoms with van der Waals surface area (Å²) in [5, 5.41) is 0. The van der Waals surface area contributed by atoms with Crippen molar-refractivity contribution in [3.8, 4) is 0 Å². The molecule has 0 aliphatic rings. The predicted octanol–water partition coefficient (Wildman–Crippen LogP) is 11.8. The van der Waals surface area contributed by atoms with Crippen LogP contribution in [-0.2, 0) is 9.53 Å². The lowest BCUT2D eigenvalue weighted by Crippen LogP contribution is -2.80. The number of alkyl halides is 35. The molecule has 0 aromatic rings. The zero-order valence-electron chi connectivity index (χ0n) is 25.7. The van der Waals surface area contributed by atoms with Crippen molar-refractivity contribution in [3.05, 3.63) is 12.7 Å². The fraction of sp³-hybridized carbons (Fsp3) is 0.864. The van der Waals surface area contributed by atoms with Crippen molar-refractivity contribution in [2.75, 3.05) is 6.61 Å². The van der Waals surface area contributed by atoms with Crippen LogP contribution in [0.25, 0.3) is 0 Å². The summed E-state index contributed by atoms with van der Waals surface area (Å²) in [5.74, 6) is -139. The van der Waals surface area contributed by atoms with Gasteiger partial charge in [-0.05, 0) is 0 Å². The summed E-state index contributed by atoms with van der Waals surface area (Å²) in [4.78, 5) is 10.7. The molecule has 2 nitrogen and oxygen atoms in total. The van der Waals surface area contributed by atoms with Gasteiger partial charge in [-0.25, -0.2) is 9.18 Å². The smallest absolute Gasteiger partial charge is 0.438 e. The second-order valence-electron chi connectivity index (χ2n) is 10.9. The summed E-state index contributed by atoms with van der Waals surface area (Å²) in [5.41, 5.74) is -9.48. The average Bonchev–Trinajstić information content (AvgIpc) is 3.01. The Bertz CT molecular complexity index is 1530. The van der Waals surface area contributed by atoms with Gasteiger partial charge in [0.25, 0.3) is 0 Å². The number of ether oxygens (including phenoxy) is 1. The molecule has 0 fully saturated rings. The average molecular weight is 968 g/mol. The fourth-order valence-electron chi connectivity index (χ4n) is 3.63. The molecule has 0 rings (SSSR count). The molecule has 59 heavy (non-hydrogen) atoms. The Hall–Kier alpha value is -3.24. The van der Waals surface area contributed by atoms with Gasteiger partial charge in [-0.3, -0.25) is 0 Å². The molecular weight excluding hydrogens is 961 g/mol. The normalized spacial score (nSPS) is 16.7. The van der Waals surface area contributed by atoms with Gasteiger partial charge in [-0.15, -0.1) is 0 Å². The van der Waals surface area contributed by atoms with E-state index < -0.39 is 120 Å². The second-order valence-corrected chi connectivity index (χ2v) is 10.9. The second kappa shape index (κ2) is 14.1. The maximum Gasteiger partial charge on any atom is 0.438 e. The van der Waals surface area contributed by atoms with E-state index in [4.69, 9.17) is 0 Å². The first kappa shape index (κ1) is 55.8. The molecule has 0 spiro atoms. The van der Waals surface area contributed by atoms with E-state index in [1.54, 1.807) is 0 Å². The van der Waals surface area contributed by atoms with E-state index in [2.05, 4.69) is 11.3 Å². The van der Waals surface area contributed by atoms with E-state index in [0.717, 1.165) is 0 Å². The maximum absolute atomic E-state index is 14.0. The van der Waals surface area contributed by atoms with Crippen molar-refractivity contribution in [3.63, 3.8) is 0 Å². The third kappa shape index (κ3) is 6.80. The van der Waals surface area contributed by atoms with Gasteiger partial charge in [0.05, 0.1) is 13.0 Å². The van der Waals surface area contributed by atoms with Gasteiger partial charge in [0.15, 0.2) is 0 Å². The Labute approximate surface area is 297 Å². The van der Waals surface area contributed by atoms with Crippen LogP contribution < -0.4 is 0 Å². The first-order valence-corrected chi connectivity index (χ1v) is 12.9. The van der Waals surface area contributed by atoms with E-state index in [-0.39, 0.29) is 6.08 Å². The molecule has 0 bridgehead atoms. The molecular formula is C22H7F35O2. The van der Waals surface area contributed by atoms with E-state index in [1.807, 2.05) is 0 Å². The lowest BCUT2D eigenvalue weighted by Gasteiger charge is -2.47. The molecule has 0 heterocycles. The van der Waals surface area contributed by atoms with Crippen molar-refractivity contribution >= 4 is 5.97 Å². The van der Waals surface area contributed by atoms with Crippen LogP contribution in [0.5, 0.6) is 0 Å². The first-order chi connectivity index (χ1) is 25.0. The lowest BCUT2D eigenvalue weighted by molar-refractivity contribution is -0.493. The Morgan fingerprint density at radius 2 is 0.525 bits per heavy atom. The van der Waals surface area contributed by atoms with E-state index in [1.165, 1.54) is 0 Å². The Morgan fingerprint density at radius 1 is 0.339 bits per heavy atom. The highest BCUT2D eigenvalue weighted by Crippen LogP contribution is 2.70. The van der Waals surface area contributed by atoms with Crippen LogP contribution in [0, 0.1) is 0 Å². The van der Waals surface area contributed by atoms with E-state index in [0.29, 0.717) is 0 Å². The van der Waals surface area contributed by atoms with Gasteiger partial charge in [0, 0.05) is 6.08 Å². The number of hydrogen-bond donors (Lipinski definition) is 0. The number of rotatable bonds is 18. The molecule has 0 aliphatic carbocycles.